The second-order valence-corrected chi connectivity index (χ2v) is 11.6. The summed E-state index contributed by atoms with van der Waals surface area (Å²) in [5, 5.41) is 11.5. The standard InChI is InChI=1S/C22H30O2Si/c1-22(2,3)25(20-14-8-6-9-15-20,21-16-10-7-11-17-21)24-19-13-5-4-12-18-23/h4-11,14-17,23H,12-13,18-19H2,1-3H3. The predicted octanol–water partition coefficient (Wildman–Crippen LogP) is 3.89. The van der Waals surface area contributed by atoms with Crippen LogP contribution >= 0.6 is 0 Å². The molecule has 0 fully saturated rings. The quantitative estimate of drug-likeness (QED) is 0.443. The second kappa shape index (κ2) is 9.14. The lowest BCUT2D eigenvalue weighted by Crippen LogP contribution is -2.66. The third-order valence-electron chi connectivity index (χ3n) is 4.48. The number of hydrogen-bond donors (Lipinski definition) is 1. The Bertz CT molecular complexity index is 605. The topological polar surface area (TPSA) is 29.5 Å². The van der Waals surface area contributed by atoms with E-state index < -0.39 is 8.32 Å². The molecule has 0 saturated carbocycles. The van der Waals surface area contributed by atoms with Crippen LogP contribution in [0, 0.1) is 0 Å². The van der Waals surface area contributed by atoms with Gasteiger partial charge >= 0.3 is 0 Å². The summed E-state index contributed by atoms with van der Waals surface area (Å²) in [6.45, 7) is 7.77. The molecule has 0 aromatic heterocycles. The minimum atomic E-state index is -2.40. The lowest BCUT2D eigenvalue weighted by atomic mass is 10.2. The zero-order valence-electron chi connectivity index (χ0n) is 15.6. The number of benzene rings is 2. The molecule has 3 heteroatoms. The monoisotopic (exact) mass is 354 g/mol. The molecule has 2 nitrogen and oxygen atoms in total. The molecule has 2 aromatic carbocycles. The largest absolute Gasteiger partial charge is 0.407 e. The molecule has 0 aliphatic heterocycles. The Morgan fingerprint density at radius 3 is 1.76 bits per heavy atom. The Morgan fingerprint density at radius 2 is 1.32 bits per heavy atom. The van der Waals surface area contributed by atoms with Gasteiger partial charge in [0.15, 0.2) is 0 Å². The highest BCUT2D eigenvalue weighted by molar-refractivity contribution is 6.99. The van der Waals surface area contributed by atoms with Crippen molar-refractivity contribution in [2.24, 2.45) is 0 Å². The molecule has 2 aromatic rings. The van der Waals surface area contributed by atoms with Crippen molar-refractivity contribution in [3.05, 3.63) is 72.8 Å². The molecule has 25 heavy (non-hydrogen) atoms. The molecule has 0 saturated heterocycles. The Morgan fingerprint density at radius 1 is 0.840 bits per heavy atom. The van der Waals surface area contributed by atoms with Gasteiger partial charge in [-0.05, 0) is 28.3 Å². The van der Waals surface area contributed by atoms with Crippen LogP contribution in [-0.2, 0) is 4.43 Å². The van der Waals surface area contributed by atoms with Gasteiger partial charge in [-0.2, -0.15) is 0 Å². The lowest BCUT2D eigenvalue weighted by Gasteiger charge is -2.43. The fourth-order valence-electron chi connectivity index (χ4n) is 3.35. The first kappa shape index (κ1) is 19.6. The molecule has 0 amide bonds. The molecule has 0 heterocycles. The molecular formula is C22H30O2Si. The van der Waals surface area contributed by atoms with Crippen LogP contribution in [0.5, 0.6) is 0 Å². The van der Waals surface area contributed by atoms with Crippen molar-refractivity contribution in [1.29, 1.82) is 0 Å². The van der Waals surface area contributed by atoms with E-state index in [1.54, 1.807) is 0 Å². The first-order chi connectivity index (χ1) is 12.0. The average molecular weight is 355 g/mol. The highest BCUT2D eigenvalue weighted by Crippen LogP contribution is 2.36. The molecule has 0 aliphatic rings. The summed E-state index contributed by atoms with van der Waals surface area (Å²) in [7, 11) is -2.40. The zero-order valence-corrected chi connectivity index (χ0v) is 16.6. The summed E-state index contributed by atoms with van der Waals surface area (Å²) in [6, 6.07) is 21.4. The number of aliphatic hydroxyl groups excluding tert-OH is 1. The predicted molar refractivity (Wildman–Crippen MR) is 109 cm³/mol. The molecular weight excluding hydrogens is 324 g/mol. The van der Waals surface area contributed by atoms with E-state index in [9.17, 15) is 0 Å². The minimum Gasteiger partial charge on any atom is -0.407 e. The van der Waals surface area contributed by atoms with E-state index in [1.165, 1.54) is 10.4 Å². The van der Waals surface area contributed by atoms with Gasteiger partial charge in [-0.1, -0.05) is 93.6 Å². The van der Waals surface area contributed by atoms with Crippen molar-refractivity contribution >= 4 is 18.7 Å². The van der Waals surface area contributed by atoms with Crippen molar-refractivity contribution in [2.45, 2.75) is 38.7 Å². The summed E-state index contributed by atoms with van der Waals surface area (Å²) < 4.78 is 6.77. The Hall–Kier alpha value is -1.68. The Kier molecular flexibility index (Phi) is 7.18. The molecule has 134 valence electrons. The van der Waals surface area contributed by atoms with Gasteiger partial charge in [-0.25, -0.2) is 0 Å². The fraction of sp³-hybridized carbons (Fsp3) is 0.364. The molecule has 0 atom stereocenters. The normalized spacial score (nSPS) is 12.6. The van der Waals surface area contributed by atoms with E-state index in [0.29, 0.717) is 13.0 Å². The zero-order chi connectivity index (χ0) is 18.2. The van der Waals surface area contributed by atoms with Gasteiger partial charge in [0, 0.05) is 13.2 Å². The van der Waals surface area contributed by atoms with Crippen LogP contribution in [0.15, 0.2) is 72.8 Å². The van der Waals surface area contributed by atoms with E-state index in [-0.39, 0.29) is 11.6 Å². The van der Waals surface area contributed by atoms with Crippen LogP contribution in [0.25, 0.3) is 0 Å². The minimum absolute atomic E-state index is 0.0184. The number of rotatable bonds is 8. The van der Waals surface area contributed by atoms with Crippen molar-refractivity contribution in [3.8, 4) is 0 Å². The SMILES string of the molecule is CC(C)(C)[Si](OCCC=CCCO)(c1ccccc1)c1ccccc1. The summed E-state index contributed by atoms with van der Waals surface area (Å²) >= 11 is 0. The first-order valence-electron chi connectivity index (χ1n) is 9.03. The molecule has 2 rings (SSSR count). The van der Waals surface area contributed by atoms with E-state index in [1.807, 2.05) is 6.08 Å². The Balaban J connectivity index is 2.39. The molecule has 0 bridgehead atoms. The van der Waals surface area contributed by atoms with Crippen molar-refractivity contribution in [2.75, 3.05) is 13.2 Å². The molecule has 0 spiro atoms. The van der Waals surface area contributed by atoms with Gasteiger partial charge in [-0.3, -0.25) is 0 Å². The van der Waals surface area contributed by atoms with E-state index in [4.69, 9.17) is 9.53 Å². The molecule has 0 aliphatic carbocycles. The van der Waals surface area contributed by atoms with E-state index in [2.05, 4.69) is 87.5 Å². The fourth-order valence-corrected chi connectivity index (χ4v) is 7.93. The maximum Gasteiger partial charge on any atom is 0.261 e. The molecule has 0 unspecified atom stereocenters. The van der Waals surface area contributed by atoms with E-state index in [0.717, 1.165) is 6.42 Å². The van der Waals surface area contributed by atoms with Crippen LogP contribution in [0.2, 0.25) is 5.04 Å². The van der Waals surface area contributed by atoms with Crippen molar-refractivity contribution in [3.63, 3.8) is 0 Å². The summed E-state index contributed by atoms with van der Waals surface area (Å²) in [5.74, 6) is 0. The van der Waals surface area contributed by atoms with Crippen molar-refractivity contribution < 1.29 is 9.53 Å². The van der Waals surface area contributed by atoms with Gasteiger partial charge < -0.3 is 9.53 Å². The van der Waals surface area contributed by atoms with Crippen LogP contribution in [0.4, 0.5) is 0 Å². The van der Waals surface area contributed by atoms with E-state index >= 15 is 0 Å². The average Bonchev–Trinajstić information content (AvgIpc) is 2.62. The van der Waals surface area contributed by atoms with Crippen LogP contribution in [-0.4, -0.2) is 26.6 Å². The summed E-state index contributed by atoms with van der Waals surface area (Å²) in [5.41, 5.74) is 0. The lowest BCUT2D eigenvalue weighted by molar-refractivity contribution is 0.299. The van der Waals surface area contributed by atoms with Crippen LogP contribution in [0.1, 0.15) is 33.6 Å². The highest BCUT2D eigenvalue weighted by atomic mass is 28.4. The van der Waals surface area contributed by atoms with Crippen molar-refractivity contribution in [1.82, 2.24) is 0 Å². The first-order valence-corrected chi connectivity index (χ1v) is 10.9. The maximum atomic E-state index is 8.88. The smallest absolute Gasteiger partial charge is 0.261 e. The van der Waals surface area contributed by atoms with Gasteiger partial charge in [-0.15, -0.1) is 0 Å². The highest BCUT2D eigenvalue weighted by Gasteiger charge is 2.49. The van der Waals surface area contributed by atoms with Gasteiger partial charge in [0.25, 0.3) is 8.32 Å². The summed E-state index contributed by atoms with van der Waals surface area (Å²) in [4.78, 5) is 0. The third kappa shape index (κ3) is 4.69. The Labute approximate surface area is 153 Å². The number of hydrogen-bond acceptors (Lipinski definition) is 2. The van der Waals surface area contributed by atoms with Crippen LogP contribution in [0.3, 0.4) is 0 Å². The van der Waals surface area contributed by atoms with Gasteiger partial charge in [0.2, 0.25) is 0 Å². The second-order valence-electron chi connectivity index (χ2n) is 7.28. The molecule has 1 N–H and O–H groups in total. The van der Waals surface area contributed by atoms with Gasteiger partial charge in [0.1, 0.15) is 0 Å². The van der Waals surface area contributed by atoms with Gasteiger partial charge in [0.05, 0.1) is 0 Å². The third-order valence-corrected chi connectivity index (χ3v) is 9.52. The number of aliphatic hydroxyl groups is 1. The van der Waals surface area contributed by atoms with Crippen LogP contribution < -0.4 is 10.4 Å². The maximum absolute atomic E-state index is 8.88. The molecule has 0 radical (unpaired) electrons. The summed E-state index contributed by atoms with van der Waals surface area (Å²) in [6.07, 6.45) is 5.70.